The molecule has 5 aromatic rings. The van der Waals surface area contributed by atoms with Crippen molar-refractivity contribution in [2.45, 2.75) is 77.5 Å². The maximum absolute atomic E-state index is 14.1. The number of carbonyl (C=O) groups excluding carboxylic acids is 2. The minimum absolute atomic E-state index is 0.00654. The summed E-state index contributed by atoms with van der Waals surface area (Å²) in [7, 11) is 3.94. The number of fused-ring (bicyclic) bond motifs is 2. The summed E-state index contributed by atoms with van der Waals surface area (Å²) in [5, 5.41) is 0. The molecule has 1 aliphatic carbocycles. The van der Waals surface area contributed by atoms with Gasteiger partial charge in [0.15, 0.2) is 0 Å². The van der Waals surface area contributed by atoms with Crippen molar-refractivity contribution in [3.63, 3.8) is 0 Å². The summed E-state index contributed by atoms with van der Waals surface area (Å²) < 4.78 is 0. The normalized spacial score (nSPS) is 22.4. The van der Waals surface area contributed by atoms with Gasteiger partial charge in [-0.05, 0) is 109 Å². The van der Waals surface area contributed by atoms with E-state index in [2.05, 4.69) is 66.3 Å². The number of amides is 2. The van der Waals surface area contributed by atoms with Crippen LogP contribution in [0, 0.1) is 17.8 Å². The topological polar surface area (TPSA) is 127 Å². The van der Waals surface area contributed by atoms with E-state index in [1.807, 2.05) is 79.2 Å². The van der Waals surface area contributed by atoms with Crippen molar-refractivity contribution in [2.75, 3.05) is 27.2 Å². The van der Waals surface area contributed by atoms with Crippen LogP contribution in [0.2, 0.25) is 0 Å². The highest BCUT2D eigenvalue weighted by atomic mass is 16.2. The van der Waals surface area contributed by atoms with Crippen molar-refractivity contribution in [1.82, 2.24) is 34.6 Å². The monoisotopic (exact) mass is 738 g/mol. The summed E-state index contributed by atoms with van der Waals surface area (Å²) in [6, 6.07) is 22.1. The molecule has 55 heavy (non-hydrogen) atoms. The Morgan fingerprint density at radius 1 is 0.836 bits per heavy atom. The molecule has 10 nitrogen and oxygen atoms in total. The molecule has 0 saturated carbocycles. The Morgan fingerprint density at radius 2 is 1.53 bits per heavy atom. The van der Waals surface area contributed by atoms with Crippen LogP contribution in [0.15, 0.2) is 72.9 Å². The maximum atomic E-state index is 14.1. The second kappa shape index (κ2) is 14.9. The van der Waals surface area contributed by atoms with E-state index in [1.54, 1.807) is 0 Å². The number of likely N-dealkylation sites (N-methyl/N-ethyl adjacent to an activating group) is 1. The Labute approximate surface area is 324 Å². The molecule has 2 saturated heterocycles. The number of benzene rings is 3. The fourth-order valence-electron chi connectivity index (χ4n) is 8.96. The van der Waals surface area contributed by atoms with Gasteiger partial charge >= 0.3 is 0 Å². The molecule has 2 aromatic heterocycles. The number of H-pyrrole nitrogens is 2. The predicted molar refractivity (Wildman–Crippen MR) is 218 cm³/mol. The number of likely N-dealkylation sites (tertiary alicyclic amines) is 2. The van der Waals surface area contributed by atoms with E-state index in [-0.39, 0.29) is 35.9 Å². The molecule has 8 rings (SSSR count). The first-order valence-electron chi connectivity index (χ1n) is 19.9. The quantitative estimate of drug-likeness (QED) is 0.143. The van der Waals surface area contributed by atoms with Crippen molar-refractivity contribution < 1.29 is 9.59 Å². The Bertz CT molecular complexity index is 2240. The smallest absolute Gasteiger partial charge is 0.245 e. The number of rotatable bonds is 9. The summed E-state index contributed by atoms with van der Waals surface area (Å²) in [5.74, 6) is 2.65. The number of nitrogens with two attached hydrogens (primary N) is 1. The van der Waals surface area contributed by atoms with Gasteiger partial charge in [-0.2, -0.15) is 0 Å². The lowest BCUT2D eigenvalue weighted by Crippen LogP contribution is -2.46. The highest BCUT2D eigenvalue weighted by molar-refractivity contribution is 5.89. The van der Waals surface area contributed by atoms with Crippen molar-refractivity contribution in [3.8, 4) is 11.3 Å². The fraction of sp³-hybridized carbons (Fsp3) is 0.422. The molecule has 3 aromatic carbocycles. The molecule has 0 bridgehead atoms. The molecular formula is C45H54N8O2. The SMILES string of the molecule is CC1CC(c2nc3ccc(C4=Cc5ccc(-c6cnc(C7CC(C)CN7C(=O)C(c7ccccc7)N(C)C)[nH]6)cc5CC4)cc3[nH]2)N(C(=O)C(N)C(C)C)C1. The van der Waals surface area contributed by atoms with Gasteiger partial charge in [0.05, 0.1) is 41.0 Å². The second-order valence-electron chi connectivity index (χ2n) is 16.9. The van der Waals surface area contributed by atoms with Crippen LogP contribution in [0.5, 0.6) is 0 Å². The average molecular weight is 739 g/mol. The zero-order valence-electron chi connectivity index (χ0n) is 32.9. The number of carbonyl (C=O) groups is 2. The van der Waals surface area contributed by atoms with E-state index in [1.165, 1.54) is 22.3 Å². The van der Waals surface area contributed by atoms with E-state index in [4.69, 9.17) is 15.7 Å². The largest absolute Gasteiger partial charge is 0.340 e. The van der Waals surface area contributed by atoms with Crippen LogP contribution >= 0.6 is 0 Å². The number of aromatic nitrogens is 4. The van der Waals surface area contributed by atoms with Crippen LogP contribution in [0.1, 0.15) is 99.0 Å². The summed E-state index contributed by atoms with van der Waals surface area (Å²) in [6.45, 7) is 9.81. The number of nitrogens with one attached hydrogen (secondary N) is 2. The number of aryl methyl sites for hydroxylation is 1. The fourth-order valence-corrected chi connectivity index (χ4v) is 8.96. The van der Waals surface area contributed by atoms with Gasteiger partial charge in [0, 0.05) is 13.1 Å². The summed E-state index contributed by atoms with van der Waals surface area (Å²) >= 11 is 0. The molecule has 3 aliphatic rings. The van der Waals surface area contributed by atoms with E-state index in [0.29, 0.717) is 24.9 Å². The van der Waals surface area contributed by atoms with Gasteiger partial charge in [0.1, 0.15) is 17.7 Å². The van der Waals surface area contributed by atoms with E-state index in [9.17, 15) is 9.59 Å². The van der Waals surface area contributed by atoms with Crippen LogP contribution in [0.4, 0.5) is 0 Å². The highest BCUT2D eigenvalue weighted by Crippen LogP contribution is 2.40. The van der Waals surface area contributed by atoms with Crippen molar-refractivity contribution in [2.24, 2.45) is 23.5 Å². The standard InChI is InChI=1S/C45H54N8O2/c1-26(2)40(46)44(54)52-24-28(4)19-39(52)43-48-35-17-16-33(22-36(35)49-43)31-12-13-32-21-34(15-14-30(32)20-31)37-23-47-42(50-37)38-18-27(3)25-53(38)45(55)41(51(5)6)29-10-8-7-9-11-29/h7-11,14-17,20-23,26-28,38-41H,12-13,18-19,24-25,46H2,1-6H3,(H,47,50)(H,48,49). The number of allylic oxidation sites excluding steroid dienone is 1. The first-order valence-corrected chi connectivity index (χ1v) is 19.9. The van der Waals surface area contributed by atoms with Crippen LogP contribution in [0.25, 0.3) is 33.9 Å². The third-order valence-corrected chi connectivity index (χ3v) is 12.0. The number of hydrogen-bond acceptors (Lipinski definition) is 6. The lowest BCUT2D eigenvalue weighted by Gasteiger charge is -2.31. The molecule has 6 atom stereocenters. The molecule has 286 valence electrons. The van der Waals surface area contributed by atoms with Gasteiger partial charge in [0.25, 0.3) is 0 Å². The Balaban J connectivity index is 0.997. The minimum Gasteiger partial charge on any atom is -0.340 e. The second-order valence-corrected chi connectivity index (χ2v) is 16.9. The Morgan fingerprint density at radius 3 is 2.24 bits per heavy atom. The minimum atomic E-state index is -0.511. The summed E-state index contributed by atoms with van der Waals surface area (Å²) in [5.41, 5.74) is 16.3. The molecule has 4 N–H and O–H groups in total. The lowest BCUT2D eigenvalue weighted by molar-refractivity contribution is -0.137. The van der Waals surface area contributed by atoms with Gasteiger partial charge in [-0.1, -0.05) is 82.3 Å². The zero-order valence-corrected chi connectivity index (χ0v) is 32.9. The summed E-state index contributed by atoms with van der Waals surface area (Å²) in [6.07, 6.45) is 7.84. The van der Waals surface area contributed by atoms with Crippen molar-refractivity contribution in [1.29, 1.82) is 0 Å². The van der Waals surface area contributed by atoms with Crippen LogP contribution in [-0.2, 0) is 16.0 Å². The van der Waals surface area contributed by atoms with E-state index in [0.717, 1.165) is 65.2 Å². The van der Waals surface area contributed by atoms with Gasteiger partial charge in [0.2, 0.25) is 11.8 Å². The van der Waals surface area contributed by atoms with Crippen LogP contribution in [0.3, 0.4) is 0 Å². The first-order chi connectivity index (χ1) is 26.4. The molecule has 10 heteroatoms. The predicted octanol–water partition coefficient (Wildman–Crippen LogP) is 7.55. The number of nitrogens with zero attached hydrogens (tertiary/aromatic N) is 5. The van der Waals surface area contributed by atoms with Gasteiger partial charge in [-0.15, -0.1) is 0 Å². The molecule has 6 unspecified atom stereocenters. The van der Waals surface area contributed by atoms with Gasteiger partial charge in [-0.3, -0.25) is 14.5 Å². The first kappa shape index (κ1) is 36.9. The molecule has 0 spiro atoms. The average Bonchev–Trinajstić information content (AvgIpc) is 3.99. The molecular weight excluding hydrogens is 685 g/mol. The van der Waals surface area contributed by atoms with Gasteiger partial charge in [-0.25, -0.2) is 9.97 Å². The molecule has 2 amide bonds. The number of hydrogen-bond donors (Lipinski definition) is 3. The Kier molecular flexibility index (Phi) is 9.98. The number of imidazole rings is 2. The van der Waals surface area contributed by atoms with Crippen LogP contribution < -0.4 is 5.73 Å². The van der Waals surface area contributed by atoms with E-state index < -0.39 is 6.04 Å². The molecule has 2 fully saturated rings. The maximum Gasteiger partial charge on any atom is 0.245 e. The van der Waals surface area contributed by atoms with Gasteiger partial charge < -0.3 is 25.5 Å². The van der Waals surface area contributed by atoms with Crippen molar-refractivity contribution >= 4 is 34.5 Å². The summed E-state index contributed by atoms with van der Waals surface area (Å²) in [4.78, 5) is 50.4. The van der Waals surface area contributed by atoms with E-state index >= 15 is 0 Å². The highest BCUT2D eigenvalue weighted by Gasteiger charge is 2.40. The third-order valence-electron chi connectivity index (χ3n) is 12.0. The molecule has 0 radical (unpaired) electrons. The number of aromatic amines is 2. The third kappa shape index (κ3) is 7.13. The van der Waals surface area contributed by atoms with Crippen LogP contribution in [-0.4, -0.2) is 79.7 Å². The van der Waals surface area contributed by atoms with Crippen molar-refractivity contribution in [3.05, 3.63) is 107 Å². The molecule has 4 heterocycles. The zero-order chi connectivity index (χ0) is 38.5. The molecule has 2 aliphatic heterocycles. The Hall–Kier alpha value is -5.06. The lowest BCUT2D eigenvalue weighted by atomic mass is 9.87.